The number of carboxylic acid groups (broad SMARTS) is 1. The van der Waals surface area contributed by atoms with E-state index in [1.807, 2.05) is 31.9 Å². The molecule has 3 N–H and O–H groups in total. The van der Waals surface area contributed by atoms with E-state index in [-0.39, 0.29) is 29.2 Å². The van der Waals surface area contributed by atoms with Gasteiger partial charge in [-0.25, -0.2) is 0 Å². The normalized spacial score (nSPS) is 25.1. The number of nitrogens with zero attached hydrogens (tertiary/aromatic N) is 2. The molecular weight excluding hydrogens is 394 g/mol. The maximum atomic E-state index is 12.5. The van der Waals surface area contributed by atoms with Gasteiger partial charge in [-0.15, -0.1) is 0 Å². The molecule has 29 heavy (non-hydrogen) atoms. The van der Waals surface area contributed by atoms with E-state index in [1.165, 1.54) is 0 Å². The number of aliphatic hydroxyl groups excluding tert-OH is 1. The van der Waals surface area contributed by atoms with Crippen molar-refractivity contribution in [2.75, 3.05) is 44.7 Å². The summed E-state index contributed by atoms with van der Waals surface area (Å²) in [6.45, 7) is 8.83. The fourth-order valence-electron chi connectivity index (χ4n) is 4.16. The second kappa shape index (κ2) is 11.8. The van der Waals surface area contributed by atoms with E-state index in [4.69, 9.17) is 9.90 Å². The van der Waals surface area contributed by atoms with Gasteiger partial charge in [-0.1, -0.05) is 0 Å². The zero-order valence-electron chi connectivity index (χ0n) is 18.1. The topological polar surface area (TPSA) is 110 Å². The van der Waals surface area contributed by atoms with Crippen molar-refractivity contribution in [3.05, 3.63) is 0 Å². The molecule has 0 bridgehead atoms. The summed E-state index contributed by atoms with van der Waals surface area (Å²) in [5.41, 5.74) is -0.539. The highest BCUT2D eigenvalue weighted by Gasteiger charge is 2.46. The Hall–Kier alpha value is -1.32. The van der Waals surface area contributed by atoms with E-state index in [2.05, 4.69) is 10.2 Å². The van der Waals surface area contributed by atoms with Gasteiger partial charge in [-0.05, 0) is 46.3 Å². The number of hydrogen-bond donors (Lipinski definition) is 3. The van der Waals surface area contributed by atoms with Crippen molar-refractivity contribution in [2.24, 2.45) is 5.41 Å². The summed E-state index contributed by atoms with van der Waals surface area (Å²) in [6, 6.07) is 0. The van der Waals surface area contributed by atoms with Crippen molar-refractivity contribution >= 4 is 30.0 Å². The molecular formula is C20H37N3O5S. The first-order chi connectivity index (χ1) is 13.6. The molecule has 2 aliphatic rings. The number of carbonyl (C=O) groups is 3. The summed E-state index contributed by atoms with van der Waals surface area (Å²) in [6.07, 6.45) is 4.67. The summed E-state index contributed by atoms with van der Waals surface area (Å²) < 4.78 is 0. The highest BCUT2D eigenvalue weighted by Crippen LogP contribution is 2.39. The summed E-state index contributed by atoms with van der Waals surface area (Å²) in [5.74, 6) is 1.05. The van der Waals surface area contributed by atoms with Crippen LogP contribution in [0.4, 0.5) is 0 Å². The predicted molar refractivity (Wildman–Crippen MR) is 115 cm³/mol. The van der Waals surface area contributed by atoms with Crippen LogP contribution in [0, 0.1) is 5.41 Å². The number of piperidine rings is 2. The molecule has 0 saturated carbocycles. The van der Waals surface area contributed by atoms with Crippen molar-refractivity contribution in [2.45, 2.75) is 58.1 Å². The van der Waals surface area contributed by atoms with Gasteiger partial charge in [0.1, 0.15) is 0 Å². The van der Waals surface area contributed by atoms with Gasteiger partial charge in [0.2, 0.25) is 11.8 Å². The first kappa shape index (κ1) is 25.7. The lowest BCUT2D eigenvalue weighted by atomic mass is 9.71. The molecule has 8 nitrogen and oxygen atoms in total. The van der Waals surface area contributed by atoms with E-state index in [0.717, 1.165) is 31.7 Å². The summed E-state index contributed by atoms with van der Waals surface area (Å²) in [4.78, 5) is 37.2. The summed E-state index contributed by atoms with van der Waals surface area (Å²) in [5, 5.41) is 20.6. The van der Waals surface area contributed by atoms with E-state index >= 15 is 0 Å². The Kier molecular flexibility index (Phi) is 10.4. The number of rotatable bonds is 5. The second-order valence-electron chi connectivity index (χ2n) is 8.94. The monoisotopic (exact) mass is 431 g/mol. The van der Waals surface area contributed by atoms with Crippen LogP contribution in [0.3, 0.4) is 0 Å². The minimum Gasteiger partial charge on any atom is -0.483 e. The van der Waals surface area contributed by atoms with Crippen molar-refractivity contribution in [1.29, 1.82) is 0 Å². The fourth-order valence-corrected chi connectivity index (χ4v) is 4.54. The van der Waals surface area contributed by atoms with Crippen LogP contribution < -0.4 is 5.32 Å². The average molecular weight is 432 g/mol. The van der Waals surface area contributed by atoms with Gasteiger partial charge in [0.15, 0.2) is 0 Å². The molecule has 0 unspecified atom stereocenters. The van der Waals surface area contributed by atoms with Crippen LogP contribution in [0.2, 0.25) is 0 Å². The SMILES string of the molecule is CSCCC(=O)N1CCC[C@@]2(CN(CC(=O)NC(C)(C)C)CC[C@H]2O)C1.O=CO. The van der Waals surface area contributed by atoms with Gasteiger partial charge in [0.05, 0.1) is 12.6 Å². The van der Waals surface area contributed by atoms with Gasteiger partial charge in [0, 0.05) is 49.3 Å². The Labute approximate surface area is 178 Å². The number of thioether (sulfide) groups is 1. The van der Waals surface area contributed by atoms with Gasteiger partial charge in [-0.3, -0.25) is 19.3 Å². The van der Waals surface area contributed by atoms with Gasteiger partial charge < -0.3 is 20.4 Å². The van der Waals surface area contributed by atoms with E-state index in [9.17, 15) is 14.7 Å². The Morgan fingerprint density at radius 3 is 2.52 bits per heavy atom. The molecule has 2 amide bonds. The molecule has 1 spiro atoms. The van der Waals surface area contributed by atoms with Crippen LogP contribution in [-0.2, 0) is 14.4 Å². The van der Waals surface area contributed by atoms with Crippen molar-refractivity contribution in [3.63, 3.8) is 0 Å². The number of aliphatic hydroxyl groups is 1. The minimum absolute atomic E-state index is 0.0211. The second-order valence-corrected chi connectivity index (χ2v) is 9.93. The van der Waals surface area contributed by atoms with Crippen LogP contribution in [0.25, 0.3) is 0 Å². The number of amides is 2. The minimum atomic E-state index is -0.402. The number of hydrogen-bond acceptors (Lipinski definition) is 6. The van der Waals surface area contributed by atoms with Crippen LogP contribution >= 0.6 is 11.8 Å². The maximum absolute atomic E-state index is 12.5. The third-order valence-corrected chi connectivity index (χ3v) is 5.94. The third-order valence-electron chi connectivity index (χ3n) is 5.33. The quantitative estimate of drug-likeness (QED) is 0.558. The Balaban J connectivity index is 0.00000132. The van der Waals surface area contributed by atoms with Gasteiger partial charge in [0.25, 0.3) is 6.47 Å². The van der Waals surface area contributed by atoms with Crippen LogP contribution in [0.5, 0.6) is 0 Å². The van der Waals surface area contributed by atoms with E-state index in [0.29, 0.717) is 32.5 Å². The lowest BCUT2D eigenvalue weighted by Crippen LogP contribution is -2.61. The zero-order chi connectivity index (χ0) is 22.1. The molecule has 168 valence electrons. The lowest BCUT2D eigenvalue weighted by Gasteiger charge is -2.51. The molecule has 2 fully saturated rings. The Bertz CT molecular complexity index is 555. The first-order valence-electron chi connectivity index (χ1n) is 10.1. The molecule has 2 saturated heterocycles. The molecule has 2 atom stereocenters. The fraction of sp³-hybridized carbons (Fsp3) is 0.850. The number of nitrogens with one attached hydrogen (secondary N) is 1. The zero-order valence-corrected chi connectivity index (χ0v) is 19.0. The largest absolute Gasteiger partial charge is 0.483 e. The highest BCUT2D eigenvalue weighted by atomic mass is 32.2. The molecule has 0 aromatic carbocycles. The number of carbonyl (C=O) groups excluding carboxylic acids is 2. The number of likely N-dealkylation sites (tertiary alicyclic amines) is 2. The Morgan fingerprint density at radius 1 is 1.28 bits per heavy atom. The summed E-state index contributed by atoms with van der Waals surface area (Å²) in [7, 11) is 0. The molecule has 0 aliphatic carbocycles. The third kappa shape index (κ3) is 8.52. The molecule has 0 aromatic rings. The maximum Gasteiger partial charge on any atom is 0.290 e. The van der Waals surface area contributed by atoms with E-state index < -0.39 is 6.10 Å². The molecule has 0 radical (unpaired) electrons. The molecule has 2 aliphatic heterocycles. The van der Waals surface area contributed by atoms with Gasteiger partial charge in [-0.2, -0.15) is 11.8 Å². The standard InChI is InChI=1S/C19H35N3O3S.CH2O2/c1-18(2,3)20-16(24)12-21-10-6-15(23)19(13-21)8-5-9-22(14-19)17(25)7-11-26-4;2-1-3/h15,23H,5-14H2,1-4H3,(H,20,24);1H,(H,2,3)/t15-,19-;/m1./s1. The van der Waals surface area contributed by atoms with Crippen molar-refractivity contribution in [1.82, 2.24) is 15.1 Å². The van der Waals surface area contributed by atoms with Crippen molar-refractivity contribution < 1.29 is 24.6 Å². The van der Waals surface area contributed by atoms with Crippen molar-refractivity contribution in [3.8, 4) is 0 Å². The van der Waals surface area contributed by atoms with Crippen LogP contribution in [0.1, 0.15) is 46.5 Å². The molecule has 2 rings (SSSR count). The van der Waals surface area contributed by atoms with E-state index in [1.54, 1.807) is 11.8 Å². The molecule has 0 aromatic heterocycles. The van der Waals surface area contributed by atoms with Gasteiger partial charge >= 0.3 is 0 Å². The highest BCUT2D eigenvalue weighted by molar-refractivity contribution is 7.98. The lowest BCUT2D eigenvalue weighted by molar-refractivity contribution is -0.142. The smallest absolute Gasteiger partial charge is 0.290 e. The molecule has 9 heteroatoms. The van der Waals surface area contributed by atoms with Crippen LogP contribution in [0.15, 0.2) is 0 Å². The summed E-state index contributed by atoms with van der Waals surface area (Å²) >= 11 is 1.68. The molecule has 2 heterocycles. The predicted octanol–water partition coefficient (Wildman–Crippen LogP) is 1.03. The van der Waals surface area contributed by atoms with Crippen LogP contribution in [-0.4, -0.2) is 94.7 Å². The average Bonchev–Trinajstić information content (AvgIpc) is 2.62. The Morgan fingerprint density at radius 2 is 1.93 bits per heavy atom. The first-order valence-corrected chi connectivity index (χ1v) is 11.5.